The van der Waals surface area contributed by atoms with Gasteiger partial charge in [0, 0.05) is 10.6 Å². The minimum atomic E-state index is 0.653. The van der Waals surface area contributed by atoms with Gasteiger partial charge in [-0.15, -0.1) is 11.8 Å². The molecule has 20 heavy (non-hydrogen) atoms. The molecule has 0 aliphatic heterocycles. The van der Waals surface area contributed by atoms with E-state index < -0.39 is 0 Å². The molecule has 1 N–H and O–H groups in total. The van der Waals surface area contributed by atoms with Crippen molar-refractivity contribution in [2.24, 2.45) is 5.92 Å². The van der Waals surface area contributed by atoms with E-state index in [0.29, 0.717) is 5.92 Å². The van der Waals surface area contributed by atoms with Crippen molar-refractivity contribution in [3.63, 3.8) is 0 Å². The third-order valence-electron chi connectivity index (χ3n) is 2.85. The summed E-state index contributed by atoms with van der Waals surface area (Å²) < 4.78 is 1.99. The Morgan fingerprint density at radius 1 is 1.25 bits per heavy atom. The highest BCUT2D eigenvalue weighted by Crippen LogP contribution is 2.17. The topological polar surface area (TPSA) is 42.7 Å². The molecule has 2 aromatic rings. The zero-order valence-corrected chi connectivity index (χ0v) is 12.9. The molecular weight excluding hydrogens is 268 g/mol. The molecule has 0 spiro atoms. The van der Waals surface area contributed by atoms with E-state index in [1.807, 2.05) is 22.5 Å². The van der Waals surface area contributed by atoms with Gasteiger partial charge in [0.05, 0.1) is 13.1 Å². The summed E-state index contributed by atoms with van der Waals surface area (Å²) in [7, 11) is 0. The maximum Gasteiger partial charge on any atom is 0.140 e. The number of benzene rings is 1. The number of aryl methyl sites for hydroxylation is 1. The molecule has 1 aromatic heterocycles. The Hall–Kier alpha value is -1.33. The van der Waals surface area contributed by atoms with Crippen LogP contribution in [0.1, 0.15) is 19.7 Å². The van der Waals surface area contributed by atoms with Crippen molar-refractivity contribution in [1.82, 2.24) is 20.1 Å². The molecule has 0 saturated heterocycles. The van der Waals surface area contributed by atoms with Crippen LogP contribution in [0.3, 0.4) is 0 Å². The van der Waals surface area contributed by atoms with Crippen LogP contribution in [0.15, 0.2) is 41.6 Å². The highest BCUT2D eigenvalue weighted by molar-refractivity contribution is 7.99. The minimum Gasteiger partial charge on any atom is -0.310 e. The van der Waals surface area contributed by atoms with Gasteiger partial charge in [-0.3, -0.25) is 0 Å². The fourth-order valence-corrected chi connectivity index (χ4v) is 2.70. The van der Waals surface area contributed by atoms with Crippen LogP contribution in [-0.4, -0.2) is 27.1 Å². The number of hydrogen-bond donors (Lipinski definition) is 1. The number of aromatic nitrogens is 3. The van der Waals surface area contributed by atoms with Gasteiger partial charge < -0.3 is 5.32 Å². The maximum atomic E-state index is 4.32. The molecule has 0 atom stereocenters. The quantitative estimate of drug-likeness (QED) is 0.759. The third kappa shape index (κ3) is 4.98. The Balaban J connectivity index is 1.77. The van der Waals surface area contributed by atoms with Gasteiger partial charge in [-0.1, -0.05) is 32.0 Å². The van der Waals surface area contributed by atoms with E-state index in [2.05, 4.69) is 53.5 Å². The summed E-state index contributed by atoms with van der Waals surface area (Å²) in [6.45, 7) is 7.08. The van der Waals surface area contributed by atoms with E-state index in [4.69, 9.17) is 0 Å². The van der Waals surface area contributed by atoms with Gasteiger partial charge in [0.25, 0.3) is 0 Å². The van der Waals surface area contributed by atoms with Crippen LogP contribution in [0.5, 0.6) is 0 Å². The van der Waals surface area contributed by atoms with Crippen molar-refractivity contribution in [1.29, 1.82) is 0 Å². The SMILES string of the molecule is CC(C)CNCc1ncnn1CCSc1ccccc1. The molecule has 1 aromatic carbocycles. The first-order chi connectivity index (χ1) is 9.75. The molecule has 0 saturated carbocycles. The van der Waals surface area contributed by atoms with Crippen LogP contribution in [0.25, 0.3) is 0 Å². The van der Waals surface area contributed by atoms with Crippen LogP contribution in [0.4, 0.5) is 0 Å². The molecule has 0 fully saturated rings. The Morgan fingerprint density at radius 3 is 2.80 bits per heavy atom. The minimum absolute atomic E-state index is 0.653. The molecule has 0 unspecified atom stereocenters. The van der Waals surface area contributed by atoms with Crippen molar-refractivity contribution >= 4 is 11.8 Å². The summed E-state index contributed by atoms with van der Waals surface area (Å²) in [6.07, 6.45) is 1.64. The molecule has 0 bridgehead atoms. The van der Waals surface area contributed by atoms with Crippen molar-refractivity contribution in [2.75, 3.05) is 12.3 Å². The lowest BCUT2D eigenvalue weighted by atomic mass is 10.2. The van der Waals surface area contributed by atoms with Gasteiger partial charge >= 0.3 is 0 Å². The second-order valence-corrected chi connectivity index (χ2v) is 6.25. The molecule has 0 amide bonds. The standard InChI is InChI=1S/C15H22N4S/c1-13(2)10-16-11-15-17-12-18-19(15)8-9-20-14-6-4-3-5-7-14/h3-7,12-13,16H,8-11H2,1-2H3. The van der Waals surface area contributed by atoms with E-state index in [0.717, 1.165) is 31.2 Å². The van der Waals surface area contributed by atoms with Crippen molar-refractivity contribution in [3.05, 3.63) is 42.5 Å². The molecular formula is C15H22N4S. The lowest BCUT2D eigenvalue weighted by Gasteiger charge is -2.08. The van der Waals surface area contributed by atoms with Crippen molar-refractivity contribution in [3.8, 4) is 0 Å². The molecule has 0 aliphatic rings. The van der Waals surface area contributed by atoms with Gasteiger partial charge in [-0.05, 0) is 24.6 Å². The fraction of sp³-hybridized carbons (Fsp3) is 0.467. The molecule has 4 nitrogen and oxygen atoms in total. The van der Waals surface area contributed by atoms with Crippen LogP contribution < -0.4 is 5.32 Å². The van der Waals surface area contributed by atoms with E-state index in [1.54, 1.807) is 6.33 Å². The van der Waals surface area contributed by atoms with Crippen molar-refractivity contribution in [2.45, 2.75) is 31.8 Å². The predicted octanol–water partition coefficient (Wildman–Crippen LogP) is 2.82. The predicted molar refractivity (Wildman–Crippen MR) is 83.7 cm³/mol. The highest BCUT2D eigenvalue weighted by atomic mass is 32.2. The van der Waals surface area contributed by atoms with Gasteiger partial charge in [0.1, 0.15) is 12.2 Å². The highest BCUT2D eigenvalue weighted by Gasteiger charge is 2.04. The lowest BCUT2D eigenvalue weighted by Crippen LogP contribution is -2.22. The third-order valence-corrected chi connectivity index (χ3v) is 3.84. The van der Waals surface area contributed by atoms with E-state index in [1.165, 1.54) is 4.90 Å². The smallest absolute Gasteiger partial charge is 0.140 e. The average Bonchev–Trinajstić information content (AvgIpc) is 2.87. The summed E-state index contributed by atoms with van der Waals surface area (Å²) >= 11 is 1.85. The molecule has 5 heteroatoms. The number of hydrogen-bond acceptors (Lipinski definition) is 4. The van der Waals surface area contributed by atoms with Gasteiger partial charge in [-0.2, -0.15) is 5.10 Å². The number of nitrogens with zero attached hydrogens (tertiary/aromatic N) is 3. The first-order valence-corrected chi connectivity index (χ1v) is 7.99. The van der Waals surface area contributed by atoms with Crippen LogP contribution in [0, 0.1) is 5.92 Å². The fourth-order valence-electron chi connectivity index (χ4n) is 1.85. The largest absolute Gasteiger partial charge is 0.310 e. The molecule has 0 radical (unpaired) electrons. The van der Waals surface area contributed by atoms with Gasteiger partial charge in [0.15, 0.2) is 0 Å². The summed E-state index contributed by atoms with van der Waals surface area (Å²) in [6, 6.07) is 10.5. The first-order valence-electron chi connectivity index (χ1n) is 7.01. The van der Waals surface area contributed by atoms with Crippen molar-refractivity contribution < 1.29 is 0 Å². The molecule has 2 rings (SSSR count). The summed E-state index contributed by atoms with van der Waals surface area (Å²) in [5.41, 5.74) is 0. The van der Waals surface area contributed by atoms with Gasteiger partial charge in [-0.25, -0.2) is 9.67 Å². The Kier molecular flexibility index (Phi) is 6.08. The maximum absolute atomic E-state index is 4.32. The van der Waals surface area contributed by atoms with Crippen LogP contribution in [-0.2, 0) is 13.1 Å². The lowest BCUT2D eigenvalue weighted by molar-refractivity contribution is 0.520. The number of rotatable bonds is 8. The zero-order valence-electron chi connectivity index (χ0n) is 12.1. The van der Waals surface area contributed by atoms with E-state index in [-0.39, 0.29) is 0 Å². The van der Waals surface area contributed by atoms with Crippen LogP contribution in [0.2, 0.25) is 0 Å². The number of nitrogens with one attached hydrogen (secondary N) is 1. The average molecular weight is 290 g/mol. The second kappa shape index (κ2) is 8.07. The van der Waals surface area contributed by atoms with E-state index in [9.17, 15) is 0 Å². The Bertz CT molecular complexity index is 496. The van der Waals surface area contributed by atoms with E-state index >= 15 is 0 Å². The van der Waals surface area contributed by atoms with Gasteiger partial charge in [0.2, 0.25) is 0 Å². The molecule has 108 valence electrons. The first kappa shape index (κ1) is 15.1. The number of thioether (sulfide) groups is 1. The summed E-state index contributed by atoms with van der Waals surface area (Å²) in [5.74, 6) is 2.67. The monoisotopic (exact) mass is 290 g/mol. The molecule has 1 heterocycles. The Labute approximate surface area is 125 Å². The molecule has 0 aliphatic carbocycles. The van der Waals surface area contributed by atoms with Crippen LogP contribution >= 0.6 is 11.8 Å². The summed E-state index contributed by atoms with van der Waals surface area (Å²) in [5, 5.41) is 7.70. The second-order valence-electron chi connectivity index (χ2n) is 5.09. The zero-order chi connectivity index (χ0) is 14.2. The normalized spacial score (nSPS) is 11.2. The Morgan fingerprint density at radius 2 is 2.05 bits per heavy atom. The summed E-state index contributed by atoms with van der Waals surface area (Å²) in [4.78, 5) is 5.62.